The lowest BCUT2D eigenvalue weighted by atomic mass is 9.66. The number of halogens is 1. The molecule has 2 N–H and O–H groups in total. The number of pyridine rings is 1. The Bertz CT molecular complexity index is 1280. The maximum atomic E-state index is 13.9. The Morgan fingerprint density at radius 1 is 1.18 bits per heavy atom. The second kappa shape index (κ2) is 14.2. The van der Waals surface area contributed by atoms with Crippen molar-refractivity contribution in [2.24, 2.45) is 15.4 Å². The molecular weight excluding hydrogens is 499 g/mol. The minimum Gasteiger partial charge on any atom is -0.345 e. The van der Waals surface area contributed by atoms with E-state index in [-0.39, 0.29) is 5.41 Å². The van der Waals surface area contributed by atoms with Gasteiger partial charge in [0.1, 0.15) is 17.5 Å². The van der Waals surface area contributed by atoms with Crippen LogP contribution in [0.1, 0.15) is 70.8 Å². The molecule has 2 aromatic rings. The van der Waals surface area contributed by atoms with Crippen LogP contribution in [0.25, 0.3) is 11.1 Å². The Morgan fingerprint density at radius 2 is 1.93 bits per heavy atom. The lowest BCUT2D eigenvalue weighted by molar-refractivity contribution is 0.0718. The Labute approximate surface area is 239 Å². The molecule has 0 amide bonds. The lowest BCUT2D eigenvalue weighted by Gasteiger charge is -2.47. The van der Waals surface area contributed by atoms with Crippen LogP contribution in [0.4, 0.5) is 10.1 Å². The Balaban J connectivity index is 0.00000216. The first-order valence-corrected chi connectivity index (χ1v) is 14.5. The summed E-state index contributed by atoms with van der Waals surface area (Å²) in [6.07, 6.45) is 8.58. The third-order valence-electron chi connectivity index (χ3n) is 7.91. The van der Waals surface area contributed by atoms with E-state index in [0.717, 1.165) is 85.5 Å². The van der Waals surface area contributed by atoms with Gasteiger partial charge in [-0.15, -0.1) is 13.2 Å². The molecule has 1 aliphatic carbocycles. The normalized spacial score (nSPS) is 19.6. The van der Waals surface area contributed by atoms with Crippen LogP contribution >= 0.6 is 0 Å². The van der Waals surface area contributed by atoms with Gasteiger partial charge in [-0.2, -0.15) is 0 Å². The number of alkyl halides is 1. The second-order valence-corrected chi connectivity index (χ2v) is 11.0. The van der Waals surface area contributed by atoms with Crippen LogP contribution in [0.5, 0.6) is 0 Å². The van der Waals surface area contributed by atoms with Crippen molar-refractivity contribution in [2.45, 2.75) is 78.3 Å². The molecule has 216 valence electrons. The van der Waals surface area contributed by atoms with Gasteiger partial charge in [0, 0.05) is 54.3 Å². The van der Waals surface area contributed by atoms with E-state index in [0.29, 0.717) is 18.3 Å². The van der Waals surface area contributed by atoms with Gasteiger partial charge in [0.15, 0.2) is 0 Å². The molecule has 1 aliphatic heterocycles. The Morgan fingerprint density at radius 3 is 2.60 bits per heavy atom. The third kappa shape index (κ3) is 7.38. The average molecular weight is 547 g/mol. The van der Waals surface area contributed by atoms with E-state index in [9.17, 15) is 4.39 Å². The standard InChI is InChI=1S/C31H43FN6.C2H4/c1-6-11-29-35-20-27(36-29)13-8-7-9-15-37(23(3)31(4)18-26(32)19-31)28-14-10-12-24(17-28)25-16-22(2)30(33)38(21-25)34-5;1-2/h10,12,14,16-17,21,26,33-34H,3,6-9,11,13,15,18-20H2,1-2,4-5H3;1-2H2. The first-order valence-electron chi connectivity index (χ1n) is 14.5. The number of allylic oxidation sites excluding steroid dienone is 1. The van der Waals surface area contributed by atoms with E-state index in [1.165, 1.54) is 5.71 Å². The van der Waals surface area contributed by atoms with Crippen molar-refractivity contribution in [3.63, 3.8) is 0 Å². The first-order chi connectivity index (χ1) is 19.2. The van der Waals surface area contributed by atoms with Crippen LogP contribution in [-0.2, 0) is 0 Å². The van der Waals surface area contributed by atoms with E-state index in [4.69, 9.17) is 10.4 Å². The number of hydrogen-bond donors (Lipinski definition) is 2. The molecule has 0 unspecified atom stereocenters. The van der Waals surface area contributed by atoms with E-state index in [1.807, 2.05) is 20.2 Å². The quantitative estimate of drug-likeness (QED) is 0.201. The van der Waals surface area contributed by atoms with Crippen LogP contribution in [0, 0.1) is 17.7 Å². The smallest absolute Gasteiger partial charge is 0.146 e. The number of amidine groups is 1. The van der Waals surface area contributed by atoms with Crippen LogP contribution in [0.15, 0.2) is 71.9 Å². The largest absolute Gasteiger partial charge is 0.345 e. The summed E-state index contributed by atoms with van der Waals surface area (Å²) in [6.45, 7) is 18.4. The highest BCUT2D eigenvalue weighted by atomic mass is 19.1. The number of anilines is 1. The summed E-state index contributed by atoms with van der Waals surface area (Å²) in [5, 5.41) is 8.26. The molecule has 1 saturated carbocycles. The molecule has 2 heterocycles. The molecule has 6 nitrogen and oxygen atoms in total. The maximum absolute atomic E-state index is 13.9. The molecule has 1 aromatic carbocycles. The number of unbranched alkanes of at least 4 members (excludes halogenated alkanes) is 2. The van der Waals surface area contributed by atoms with Gasteiger partial charge >= 0.3 is 0 Å². The maximum Gasteiger partial charge on any atom is 0.146 e. The van der Waals surface area contributed by atoms with Crippen LogP contribution in [0.3, 0.4) is 0 Å². The van der Waals surface area contributed by atoms with Gasteiger partial charge < -0.3 is 10.3 Å². The van der Waals surface area contributed by atoms with Gasteiger partial charge in [-0.05, 0) is 74.8 Å². The molecule has 1 fully saturated rings. The zero-order valence-electron chi connectivity index (χ0n) is 24.9. The van der Waals surface area contributed by atoms with Gasteiger partial charge in [-0.1, -0.05) is 39.0 Å². The number of nitrogens with one attached hydrogen (secondary N) is 2. The average Bonchev–Trinajstić information content (AvgIpc) is 3.39. The number of aliphatic imine (C=N–C) groups is 2. The summed E-state index contributed by atoms with van der Waals surface area (Å²) < 4.78 is 15.7. The molecule has 1 aromatic heterocycles. The monoisotopic (exact) mass is 546 g/mol. The minimum atomic E-state index is -0.736. The van der Waals surface area contributed by atoms with E-state index >= 15 is 0 Å². The number of benzene rings is 1. The molecule has 0 saturated heterocycles. The van der Waals surface area contributed by atoms with E-state index < -0.39 is 6.17 Å². The minimum absolute atomic E-state index is 0.209. The lowest BCUT2D eigenvalue weighted by Crippen LogP contribution is -2.43. The summed E-state index contributed by atoms with van der Waals surface area (Å²) in [6, 6.07) is 10.5. The summed E-state index contributed by atoms with van der Waals surface area (Å²) in [5.74, 6) is 1.01. The van der Waals surface area contributed by atoms with Gasteiger partial charge in [-0.25, -0.2) is 14.1 Å². The number of hydrogen-bond acceptors (Lipinski definition) is 5. The molecule has 40 heavy (non-hydrogen) atoms. The number of aromatic nitrogens is 1. The van der Waals surface area contributed by atoms with Crippen molar-refractivity contribution in [1.29, 1.82) is 5.41 Å². The first kappa shape index (κ1) is 31.1. The predicted molar refractivity (Wildman–Crippen MR) is 169 cm³/mol. The Hall–Kier alpha value is -3.48. The highest BCUT2D eigenvalue weighted by Crippen LogP contribution is 2.49. The summed E-state index contributed by atoms with van der Waals surface area (Å²) in [4.78, 5) is 11.6. The summed E-state index contributed by atoms with van der Waals surface area (Å²) in [7, 11) is 1.82. The molecule has 0 bridgehead atoms. The van der Waals surface area contributed by atoms with Gasteiger partial charge in [0.05, 0.1) is 6.54 Å². The molecule has 0 spiro atoms. The highest BCUT2D eigenvalue weighted by molar-refractivity contribution is 6.03. The zero-order chi connectivity index (χ0) is 29.3. The number of aryl methyl sites for hydroxylation is 1. The molecule has 7 heteroatoms. The summed E-state index contributed by atoms with van der Waals surface area (Å²) in [5.41, 5.74) is 9.62. The van der Waals surface area contributed by atoms with Crippen LogP contribution < -0.4 is 15.8 Å². The topological polar surface area (TPSA) is 68.8 Å². The van der Waals surface area contributed by atoms with Crippen LogP contribution in [0.2, 0.25) is 0 Å². The fourth-order valence-electron chi connectivity index (χ4n) is 5.52. The van der Waals surface area contributed by atoms with Crippen molar-refractivity contribution < 1.29 is 4.39 Å². The van der Waals surface area contributed by atoms with Crippen molar-refractivity contribution in [2.75, 3.05) is 30.5 Å². The fourth-order valence-corrected chi connectivity index (χ4v) is 5.52. The predicted octanol–water partition coefficient (Wildman–Crippen LogP) is 7.59. The molecule has 0 radical (unpaired) electrons. The molecule has 2 aliphatic rings. The third-order valence-corrected chi connectivity index (χ3v) is 7.91. The van der Waals surface area contributed by atoms with Crippen molar-refractivity contribution in [3.8, 4) is 11.1 Å². The van der Waals surface area contributed by atoms with Crippen LogP contribution in [-0.4, -0.2) is 42.5 Å². The number of nitrogens with zero attached hydrogens (tertiary/aromatic N) is 4. The highest BCUT2D eigenvalue weighted by Gasteiger charge is 2.44. The SMILES string of the molecule is C=C.C=C(N(CCCCCC1=NC(CCC)=NC1)c1cccc(-c2cc(C)c(=N)n(NC)c2)c1)C1(C)CC(F)C1. The van der Waals surface area contributed by atoms with Gasteiger partial charge in [-0.3, -0.25) is 10.4 Å². The van der Waals surface area contributed by atoms with Crippen molar-refractivity contribution >= 4 is 17.2 Å². The van der Waals surface area contributed by atoms with Gasteiger partial charge in [0.2, 0.25) is 0 Å². The fraction of sp³-hybridized carbons (Fsp3) is 0.485. The van der Waals surface area contributed by atoms with Gasteiger partial charge in [0.25, 0.3) is 0 Å². The van der Waals surface area contributed by atoms with E-state index in [2.05, 4.69) is 79.2 Å². The number of rotatable bonds is 13. The molecular formula is C33H47FN6. The molecule has 4 rings (SSSR count). The Kier molecular flexibility index (Phi) is 11.1. The van der Waals surface area contributed by atoms with Crippen molar-refractivity contribution in [3.05, 3.63) is 73.0 Å². The van der Waals surface area contributed by atoms with Crippen molar-refractivity contribution in [1.82, 2.24) is 4.68 Å². The van der Waals surface area contributed by atoms with E-state index in [1.54, 1.807) is 4.68 Å². The second-order valence-electron chi connectivity index (χ2n) is 11.0. The molecule has 0 atom stereocenters. The summed E-state index contributed by atoms with van der Waals surface area (Å²) >= 11 is 0. The zero-order valence-corrected chi connectivity index (χ0v) is 24.9.